The van der Waals surface area contributed by atoms with E-state index in [0.29, 0.717) is 11.2 Å². The highest BCUT2D eigenvalue weighted by atomic mass is 16.5. The van der Waals surface area contributed by atoms with Crippen LogP contribution in [-0.4, -0.2) is 43.9 Å². The Balaban J connectivity index is 1.29. The van der Waals surface area contributed by atoms with Crippen LogP contribution in [0.3, 0.4) is 0 Å². The van der Waals surface area contributed by atoms with Crippen LogP contribution in [0.2, 0.25) is 0 Å². The second-order valence-electron chi connectivity index (χ2n) is 8.68. The average molecular weight is 416 g/mol. The van der Waals surface area contributed by atoms with Crippen molar-refractivity contribution in [1.82, 2.24) is 24.5 Å². The van der Waals surface area contributed by atoms with Crippen molar-refractivity contribution in [2.24, 2.45) is 19.5 Å². The van der Waals surface area contributed by atoms with Crippen molar-refractivity contribution in [3.63, 3.8) is 0 Å². The molecule has 0 unspecified atom stereocenters. The van der Waals surface area contributed by atoms with Gasteiger partial charge in [-0.3, -0.25) is 9.36 Å². The van der Waals surface area contributed by atoms with E-state index in [-0.39, 0.29) is 6.10 Å². The van der Waals surface area contributed by atoms with Crippen LogP contribution in [0.15, 0.2) is 48.7 Å². The van der Waals surface area contributed by atoms with E-state index in [0.717, 1.165) is 59.9 Å². The number of hydrogen-bond donors (Lipinski definition) is 1. The van der Waals surface area contributed by atoms with Crippen molar-refractivity contribution in [2.45, 2.75) is 18.9 Å². The second-order valence-corrected chi connectivity index (χ2v) is 8.68. The van der Waals surface area contributed by atoms with Crippen molar-refractivity contribution < 1.29 is 9.47 Å². The van der Waals surface area contributed by atoms with Crippen molar-refractivity contribution in [2.75, 3.05) is 18.5 Å². The third-order valence-corrected chi connectivity index (χ3v) is 6.30. The van der Waals surface area contributed by atoms with Gasteiger partial charge in [0.2, 0.25) is 0 Å². The van der Waals surface area contributed by atoms with Gasteiger partial charge in [-0.1, -0.05) is 30.3 Å². The Morgan fingerprint density at radius 1 is 1.10 bits per heavy atom. The molecule has 1 aliphatic carbocycles. The molecule has 8 nitrogen and oxygen atoms in total. The number of anilines is 2. The molecule has 0 atom stereocenters. The molecule has 4 aromatic rings. The van der Waals surface area contributed by atoms with Crippen LogP contribution in [0.5, 0.6) is 5.75 Å². The molecule has 0 amide bonds. The highest BCUT2D eigenvalue weighted by Crippen LogP contribution is 2.48. The summed E-state index contributed by atoms with van der Waals surface area (Å²) in [6.45, 7) is 1.73. The summed E-state index contributed by atoms with van der Waals surface area (Å²) < 4.78 is 15.4. The van der Waals surface area contributed by atoms with E-state index in [9.17, 15) is 0 Å². The molecule has 0 bridgehead atoms. The number of fused-ring (bicyclic) bond motifs is 1. The Morgan fingerprint density at radius 3 is 2.65 bits per heavy atom. The minimum atomic E-state index is 0.212. The molecule has 158 valence electrons. The number of rotatable bonds is 5. The lowest BCUT2D eigenvalue weighted by molar-refractivity contribution is -0.191. The van der Waals surface area contributed by atoms with Gasteiger partial charge in [-0.2, -0.15) is 10.2 Å². The van der Waals surface area contributed by atoms with Gasteiger partial charge in [-0.15, -0.1) is 0 Å². The molecule has 1 saturated carbocycles. The van der Waals surface area contributed by atoms with Crippen molar-refractivity contribution in [3.05, 3.63) is 48.7 Å². The molecule has 6 rings (SSSR count). The maximum atomic E-state index is 6.38. The molecule has 1 aliphatic heterocycles. The molecule has 1 aromatic carbocycles. The highest BCUT2D eigenvalue weighted by Gasteiger charge is 2.51. The predicted octanol–water partition coefficient (Wildman–Crippen LogP) is 3.67. The third kappa shape index (κ3) is 3.14. The fraction of sp³-hybridized carbons (Fsp3) is 0.348. The first-order valence-corrected chi connectivity index (χ1v) is 10.5. The molecular formula is C23H24N6O2. The Kier molecular flexibility index (Phi) is 4.04. The minimum absolute atomic E-state index is 0.212. The molecule has 8 heteroatoms. The summed E-state index contributed by atoms with van der Waals surface area (Å²) in [6.07, 6.45) is 4.12. The van der Waals surface area contributed by atoms with Gasteiger partial charge in [0.25, 0.3) is 0 Å². The van der Waals surface area contributed by atoms with Crippen LogP contribution in [0.25, 0.3) is 22.3 Å². The van der Waals surface area contributed by atoms with Crippen molar-refractivity contribution in [1.29, 1.82) is 0 Å². The van der Waals surface area contributed by atoms with Crippen LogP contribution in [0.4, 0.5) is 11.6 Å². The average Bonchev–Trinajstić information content (AvgIpc) is 3.27. The summed E-state index contributed by atoms with van der Waals surface area (Å²) >= 11 is 0. The zero-order valence-corrected chi connectivity index (χ0v) is 17.6. The zero-order chi connectivity index (χ0) is 21.0. The van der Waals surface area contributed by atoms with E-state index in [1.54, 1.807) is 4.68 Å². The topological polar surface area (TPSA) is 79.0 Å². The van der Waals surface area contributed by atoms with Gasteiger partial charge in [-0.05, 0) is 12.8 Å². The molecule has 2 fully saturated rings. The molecule has 0 radical (unpaired) electrons. The summed E-state index contributed by atoms with van der Waals surface area (Å²) in [4.78, 5) is 4.77. The lowest BCUT2D eigenvalue weighted by atomic mass is 9.65. The fourth-order valence-electron chi connectivity index (χ4n) is 4.51. The quantitative estimate of drug-likeness (QED) is 0.535. The minimum Gasteiger partial charge on any atom is -0.489 e. The van der Waals surface area contributed by atoms with Gasteiger partial charge >= 0.3 is 0 Å². The number of ether oxygens (including phenoxy) is 2. The lowest BCUT2D eigenvalue weighted by Gasteiger charge is -2.52. The fourth-order valence-corrected chi connectivity index (χ4v) is 4.51. The van der Waals surface area contributed by atoms with E-state index in [4.69, 9.17) is 14.5 Å². The summed E-state index contributed by atoms with van der Waals surface area (Å²) in [5, 5.41) is 13.4. The number of nitrogens with one attached hydrogen (secondary N) is 1. The lowest BCUT2D eigenvalue weighted by Crippen LogP contribution is -2.56. The number of aromatic nitrogens is 5. The first-order valence-electron chi connectivity index (χ1n) is 10.5. The Bertz CT molecular complexity index is 1250. The van der Waals surface area contributed by atoms with E-state index < -0.39 is 0 Å². The van der Waals surface area contributed by atoms with Gasteiger partial charge in [0, 0.05) is 37.2 Å². The number of benzene rings is 1. The summed E-state index contributed by atoms with van der Waals surface area (Å²) in [5.74, 6) is 2.37. The monoisotopic (exact) mass is 416 g/mol. The van der Waals surface area contributed by atoms with Gasteiger partial charge in [0.1, 0.15) is 23.5 Å². The Morgan fingerprint density at radius 2 is 1.90 bits per heavy atom. The van der Waals surface area contributed by atoms with Gasteiger partial charge in [0.05, 0.1) is 30.5 Å². The van der Waals surface area contributed by atoms with Gasteiger partial charge < -0.3 is 14.8 Å². The summed E-state index contributed by atoms with van der Waals surface area (Å²) in [5.41, 5.74) is 3.12. The second kappa shape index (κ2) is 6.81. The first kappa shape index (κ1) is 18.4. The number of hydrogen-bond acceptors (Lipinski definition) is 6. The largest absolute Gasteiger partial charge is 0.489 e. The Labute approximate surface area is 179 Å². The molecule has 3 aromatic heterocycles. The molecule has 1 spiro atoms. The molecule has 31 heavy (non-hydrogen) atoms. The molecule has 2 aliphatic rings. The number of aryl methyl sites for hydroxylation is 2. The smallest absolute Gasteiger partial charge is 0.163 e. The third-order valence-electron chi connectivity index (χ3n) is 6.30. The van der Waals surface area contributed by atoms with Crippen molar-refractivity contribution >= 4 is 22.7 Å². The van der Waals surface area contributed by atoms with Crippen LogP contribution in [0.1, 0.15) is 12.8 Å². The van der Waals surface area contributed by atoms with Gasteiger partial charge in [-0.25, -0.2) is 4.98 Å². The summed E-state index contributed by atoms with van der Waals surface area (Å²) in [7, 11) is 3.81. The highest BCUT2D eigenvalue weighted by molar-refractivity contribution is 5.84. The van der Waals surface area contributed by atoms with Crippen LogP contribution in [0, 0.1) is 5.41 Å². The molecule has 1 saturated heterocycles. The first-order chi connectivity index (χ1) is 15.1. The predicted molar refractivity (Wildman–Crippen MR) is 117 cm³/mol. The standard InChI is InChI=1S/C23H24N6O2/c1-28-21(8-18(27-28)15-6-4-3-5-7-15)25-20-9-19(17-12-24-29(2)22(17)26-20)31-16-10-23(11-16)13-30-14-23/h3-9,12,16H,10-11,13-14H2,1-2H3,(H,25,26). The normalized spacial score (nSPS) is 17.5. The van der Waals surface area contributed by atoms with E-state index >= 15 is 0 Å². The van der Waals surface area contributed by atoms with E-state index in [1.165, 1.54) is 0 Å². The van der Waals surface area contributed by atoms with Crippen LogP contribution >= 0.6 is 0 Å². The molecule has 4 heterocycles. The zero-order valence-electron chi connectivity index (χ0n) is 17.6. The van der Waals surface area contributed by atoms with E-state index in [1.807, 2.05) is 55.3 Å². The van der Waals surface area contributed by atoms with Crippen molar-refractivity contribution in [3.8, 4) is 17.0 Å². The number of nitrogens with zero attached hydrogens (tertiary/aromatic N) is 5. The molecular weight excluding hydrogens is 392 g/mol. The maximum absolute atomic E-state index is 6.38. The van der Waals surface area contributed by atoms with Crippen LogP contribution in [-0.2, 0) is 18.8 Å². The Hall–Kier alpha value is -3.39. The molecule has 1 N–H and O–H groups in total. The summed E-state index contributed by atoms with van der Waals surface area (Å²) in [6, 6.07) is 14.1. The van der Waals surface area contributed by atoms with Gasteiger partial charge in [0.15, 0.2) is 5.65 Å². The van der Waals surface area contributed by atoms with E-state index in [2.05, 4.69) is 27.6 Å². The number of pyridine rings is 1. The maximum Gasteiger partial charge on any atom is 0.163 e. The van der Waals surface area contributed by atoms with Crippen LogP contribution < -0.4 is 10.1 Å². The SMILES string of the molecule is Cn1nc(-c2ccccc2)cc1Nc1cc(OC2CC3(COC3)C2)c2cnn(C)c2n1.